The van der Waals surface area contributed by atoms with Gasteiger partial charge in [-0.2, -0.15) is 0 Å². The molecule has 0 spiro atoms. The molecule has 0 saturated heterocycles. The van der Waals surface area contributed by atoms with Crippen LogP contribution >= 0.6 is 12.2 Å². The van der Waals surface area contributed by atoms with Gasteiger partial charge in [0.2, 0.25) is 0 Å². The molecule has 0 aromatic heterocycles. The average Bonchev–Trinajstić information content (AvgIpc) is 2.49. The summed E-state index contributed by atoms with van der Waals surface area (Å²) in [7, 11) is 0. The Kier molecular flexibility index (Phi) is 5.13. The predicted molar refractivity (Wildman–Crippen MR) is 88.6 cm³/mol. The van der Waals surface area contributed by atoms with Gasteiger partial charge in [0.1, 0.15) is 0 Å². The van der Waals surface area contributed by atoms with E-state index in [0.717, 1.165) is 0 Å². The van der Waals surface area contributed by atoms with Crippen LogP contribution in [0.4, 0.5) is 0 Å². The fraction of sp³-hybridized carbons (Fsp3) is 0.235. The normalized spacial score (nSPS) is 13.3. The minimum Gasteiger partial charge on any atom is -0.356 e. The Morgan fingerprint density at radius 2 is 1.10 bits per heavy atom. The van der Waals surface area contributed by atoms with E-state index in [4.69, 9.17) is 12.2 Å². The van der Waals surface area contributed by atoms with Crippen molar-refractivity contribution in [1.82, 2.24) is 10.6 Å². The lowest BCUT2D eigenvalue weighted by Crippen LogP contribution is -2.38. The van der Waals surface area contributed by atoms with E-state index in [1.54, 1.807) is 0 Å². The SMILES string of the molecule is CC(NC(=S)NC(C)c1ccccc1)c1ccccc1. The zero-order valence-electron chi connectivity index (χ0n) is 11.8. The van der Waals surface area contributed by atoms with Gasteiger partial charge < -0.3 is 10.6 Å². The molecule has 20 heavy (non-hydrogen) atoms. The van der Waals surface area contributed by atoms with Gasteiger partial charge in [-0.25, -0.2) is 0 Å². The van der Waals surface area contributed by atoms with Crippen molar-refractivity contribution < 1.29 is 0 Å². The lowest BCUT2D eigenvalue weighted by molar-refractivity contribution is 0.656. The van der Waals surface area contributed by atoms with E-state index < -0.39 is 0 Å². The zero-order chi connectivity index (χ0) is 14.4. The zero-order valence-corrected chi connectivity index (χ0v) is 12.7. The van der Waals surface area contributed by atoms with Crippen LogP contribution < -0.4 is 10.6 Å². The van der Waals surface area contributed by atoms with Crippen LogP contribution in [0.1, 0.15) is 37.1 Å². The molecule has 2 aromatic carbocycles. The third kappa shape index (κ3) is 4.07. The fourth-order valence-corrected chi connectivity index (χ4v) is 2.44. The molecule has 0 aliphatic heterocycles. The third-order valence-electron chi connectivity index (χ3n) is 3.29. The summed E-state index contributed by atoms with van der Waals surface area (Å²) in [5.41, 5.74) is 2.45. The first-order valence-corrected chi connectivity index (χ1v) is 7.24. The molecule has 2 unspecified atom stereocenters. The Balaban J connectivity index is 1.90. The quantitative estimate of drug-likeness (QED) is 0.831. The highest BCUT2D eigenvalue weighted by Crippen LogP contribution is 2.13. The molecule has 3 heteroatoms. The molecular weight excluding hydrogens is 264 g/mol. The standard InChI is InChI=1S/C17H20N2S/c1-13(15-9-5-3-6-10-15)18-17(20)19-14(2)16-11-7-4-8-12-16/h3-14H,1-2H3,(H2,18,19,20). The van der Waals surface area contributed by atoms with Crippen molar-refractivity contribution in [1.29, 1.82) is 0 Å². The molecule has 0 aliphatic carbocycles. The van der Waals surface area contributed by atoms with Crippen LogP contribution in [0.5, 0.6) is 0 Å². The topological polar surface area (TPSA) is 24.1 Å². The van der Waals surface area contributed by atoms with E-state index in [1.165, 1.54) is 11.1 Å². The van der Waals surface area contributed by atoms with Crippen LogP contribution in [-0.4, -0.2) is 5.11 Å². The van der Waals surface area contributed by atoms with Crippen molar-refractivity contribution in [3.8, 4) is 0 Å². The third-order valence-corrected chi connectivity index (χ3v) is 3.53. The maximum absolute atomic E-state index is 5.38. The minimum atomic E-state index is 0.194. The van der Waals surface area contributed by atoms with E-state index in [0.29, 0.717) is 5.11 Å². The smallest absolute Gasteiger partial charge is 0.167 e. The average molecular weight is 284 g/mol. The predicted octanol–water partition coefficient (Wildman–Crippen LogP) is 3.97. The number of rotatable bonds is 4. The highest BCUT2D eigenvalue weighted by atomic mass is 32.1. The summed E-state index contributed by atoms with van der Waals surface area (Å²) in [5, 5.41) is 7.31. The molecule has 2 rings (SSSR count). The molecule has 2 nitrogen and oxygen atoms in total. The van der Waals surface area contributed by atoms with E-state index in [2.05, 4.69) is 48.7 Å². The Hall–Kier alpha value is -1.87. The number of hydrogen-bond acceptors (Lipinski definition) is 1. The van der Waals surface area contributed by atoms with Crippen LogP contribution in [0.2, 0.25) is 0 Å². The summed E-state index contributed by atoms with van der Waals surface area (Å²) in [6.45, 7) is 4.22. The first-order valence-electron chi connectivity index (χ1n) is 6.83. The Morgan fingerprint density at radius 3 is 1.45 bits per heavy atom. The second-order valence-corrected chi connectivity index (χ2v) is 5.29. The van der Waals surface area contributed by atoms with Crippen LogP contribution in [0.25, 0.3) is 0 Å². The molecule has 0 bridgehead atoms. The van der Waals surface area contributed by atoms with Crippen LogP contribution in [0.3, 0.4) is 0 Å². The van der Waals surface area contributed by atoms with E-state index in [1.807, 2.05) is 36.4 Å². The molecule has 2 aromatic rings. The lowest BCUT2D eigenvalue weighted by atomic mass is 10.1. The number of nitrogens with one attached hydrogen (secondary N) is 2. The molecule has 0 fully saturated rings. The first kappa shape index (κ1) is 14.5. The second kappa shape index (κ2) is 7.06. The second-order valence-electron chi connectivity index (χ2n) is 4.88. The van der Waals surface area contributed by atoms with Gasteiger partial charge in [-0.3, -0.25) is 0 Å². The maximum atomic E-state index is 5.38. The highest BCUT2D eigenvalue weighted by molar-refractivity contribution is 7.80. The Bertz CT molecular complexity index is 490. The molecule has 2 N–H and O–H groups in total. The van der Waals surface area contributed by atoms with Crippen LogP contribution in [0.15, 0.2) is 60.7 Å². The number of benzene rings is 2. The van der Waals surface area contributed by atoms with Crippen molar-refractivity contribution in [2.24, 2.45) is 0 Å². The van der Waals surface area contributed by atoms with Crippen molar-refractivity contribution in [3.05, 3.63) is 71.8 Å². The van der Waals surface area contributed by atoms with E-state index in [-0.39, 0.29) is 12.1 Å². The van der Waals surface area contributed by atoms with Gasteiger partial charge in [-0.15, -0.1) is 0 Å². The minimum absolute atomic E-state index is 0.194. The van der Waals surface area contributed by atoms with Crippen molar-refractivity contribution in [3.63, 3.8) is 0 Å². The molecule has 2 atom stereocenters. The van der Waals surface area contributed by atoms with E-state index in [9.17, 15) is 0 Å². The summed E-state index contributed by atoms with van der Waals surface area (Å²) >= 11 is 5.38. The lowest BCUT2D eigenvalue weighted by Gasteiger charge is -2.21. The molecule has 0 saturated carbocycles. The molecular formula is C17H20N2S. The van der Waals surface area contributed by atoms with Crippen molar-refractivity contribution in [2.75, 3.05) is 0 Å². The van der Waals surface area contributed by atoms with Crippen LogP contribution in [0, 0.1) is 0 Å². The largest absolute Gasteiger partial charge is 0.356 e. The van der Waals surface area contributed by atoms with Crippen molar-refractivity contribution in [2.45, 2.75) is 25.9 Å². The van der Waals surface area contributed by atoms with Gasteiger partial charge >= 0.3 is 0 Å². The van der Waals surface area contributed by atoms with Gasteiger partial charge in [0.25, 0.3) is 0 Å². The fourth-order valence-electron chi connectivity index (χ4n) is 2.09. The maximum Gasteiger partial charge on any atom is 0.167 e. The van der Waals surface area contributed by atoms with Crippen LogP contribution in [-0.2, 0) is 0 Å². The van der Waals surface area contributed by atoms with Gasteiger partial charge in [0.05, 0.1) is 12.1 Å². The monoisotopic (exact) mass is 284 g/mol. The molecule has 104 valence electrons. The summed E-state index contributed by atoms with van der Waals surface area (Å²) in [4.78, 5) is 0. The Labute approximate surface area is 126 Å². The molecule has 0 aliphatic rings. The number of hydrogen-bond donors (Lipinski definition) is 2. The van der Waals surface area contributed by atoms with Gasteiger partial charge in [-0.1, -0.05) is 60.7 Å². The molecule has 0 amide bonds. The van der Waals surface area contributed by atoms with E-state index >= 15 is 0 Å². The van der Waals surface area contributed by atoms with Gasteiger partial charge in [-0.05, 0) is 37.2 Å². The summed E-state index contributed by atoms with van der Waals surface area (Å²) in [6.07, 6.45) is 0. The van der Waals surface area contributed by atoms with Gasteiger partial charge in [0.15, 0.2) is 5.11 Å². The molecule has 0 radical (unpaired) electrons. The molecule has 0 heterocycles. The first-order chi connectivity index (χ1) is 9.66. The Morgan fingerprint density at radius 1 is 0.750 bits per heavy atom. The summed E-state index contributed by atoms with van der Waals surface area (Å²) in [5.74, 6) is 0. The summed E-state index contributed by atoms with van der Waals surface area (Å²) in [6, 6.07) is 21.0. The summed E-state index contributed by atoms with van der Waals surface area (Å²) < 4.78 is 0. The van der Waals surface area contributed by atoms with Gasteiger partial charge in [0, 0.05) is 0 Å². The highest BCUT2D eigenvalue weighted by Gasteiger charge is 2.09. The number of thiocarbonyl (C=S) groups is 1. The van der Waals surface area contributed by atoms with Crippen molar-refractivity contribution >= 4 is 17.3 Å².